The molecule has 1 aliphatic heterocycles. The molecular formula is C16H15ClN4O. The molecule has 1 aliphatic rings. The van der Waals surface area contributed by atoms with Gasteiger partial charge in [-0.2, -0.15) is 4.98 Å². The molecule has 2 aromatic rings. The Balaban J connectivity index is 2.02. The third kappa shape index (κ3) is 2.84. The summed E-state index contributed by atoms with van der Waals surface area (Å²) in [4.78, 5) is 10.2. The zero-order valence-corrected chi connectivity index (χ0v) is 12.8. The summed E-state index contributed by atoms with van der Waals surface area (Å²) in [5, 5.41) is 9.73. The third-order valence-corrected chi connectivity index (χ3v) is 3.67. The van der Waals surface area contributed by atoms with E-state index in [0.29, 0.717) is 10.8 Å². The number of aromatic nitrogens is 2. The SMILES string of the molecule is CC(O)C#Cc1ccc2c(c1)N(c1nc(N)ncc1Cl)CC2. The van der Waals surface area contributed by atoms with E-state index in [1.807, 2.05) is 23.1 Å². The molecule has 0 spiro atoms. The van der Waals surface area contributed by atoms with Crippen LogP contribution in [0.15, 0.2) is 24.4 Å². The first-order valence-electron chi connectivity index (χ1n) is 6.92. The number of rotatable bonds is 1. The highest BCUT2D eigenvalue weighted by atomic mass is 35.5. The number of hydrogen-bond donors (Lipinski definition) is 2. The minimum absolute atomic E-state index is 0.193. The molecule has 0 fully saturated rings. The van der Waals surface area contributed by atoms with E-state index in [2.05, 4.69) is 21.8 Å². The molecule has 0 aliphatic carbocycles. The number of nitrogens with two attached hydrogens (primary N) is 1. The molecular weight excluding hydrogens is 300 g/mol. The lowest BCUT2D eigenvalue weighted by Gasteiger charge is -2.19. The van der Waals surface area contributed by atoms with Gasteiger partial charge >= 0.3 is 0 Å². The summed E-state index contributed by atoms with van der Waals surface area (Å²) >= 11 is 6.20. The van der Waals surface area contributed by atoms with Gasteiger partial charge in [-0.3, -0.25) is 0 Å². The van der Waals surface area contributed by atoms with Crippen molar-refractivity contribution in [3.63, 3.8) is 0 Å². The normalized spacial score (nSPS) is 14.2. The third-order valence-electron chi connectivity index (χ3n) is 3.41. The largest absolute Gasteiger partial charge is 0.381 e. The van der Waals surface area contributed by atoms with E-state index in [0.717, 1.165) is 24.2 Å². The molecule has 22 heavy (non-hydrogen) atoms. The van der Waals surface area contributed by atoms with Gasteiger partial charge in [0.05, 0.1) is 6.20 Å². The van der Waals surface area contributed by atoms with Gasteiger partial charge in [-0.15, -0.1) is 0 Å². The summed E-state index contributed by atoms with van der Waals surface area (Å²) in [5.41, 5.74) is 8.72. The molecule has 2 heterocycles. The number of nitrogen functional groups attached to an aromatic ring is 1. The predicted molar refractivity (Wildman–Crippen MR) is 87.2 cm³/mol. The van der Waals surface area contributed by atoms with Crippen molar-refractivity contribution in [1.82, 2.24) is 9.97 Å². The van der Waals surface area contributed by atoms with E-state index in [4.69, 9.17) is 17.3 Å². The maximum absolute atomic E-state index is 9.27. The molecule has 1 aromatic carbocycles. The summed E-state index contributed by atoms with van der Waals surface area (Å²) in [6.07, 6.45) is 1.76. The van der Waals surface area contributed by atoms with Crippen LogP contribution >= 0.6 is 11.6 Å². The van der Waals surface area contributed by atoms with Crippen LogP contribution in [-0.4, -0.2) is 27.7 Å². The van der Waals surface area contributed by atoms with E-state index in [1.165, 1.54) is 11.8 Å². The van der Waals surface area contributed by atoms with Crippen molar-refractivity contribution in [2.24, 2.45) is 0 Å². The van der Waals surface area contributed by atoms with E-state index in [9.17, 15) is 5.11 Å². The highest BCUT2D eigenvalue weighted by Gasteiger charge is 2.23. The van der Waals surface area contributed by atoms with Crippen LogP contribution in [0.3, 0.4) is 0 Å². The van der Waals surface area contributed by atoms with Crippen LogP contribution in [0.2, 0.25) is 5.02 Å². The van der Waals surface area contributed by atoms with Gasteiger partial charge in [-0.05, 0) is 31.0 Å². The number of anilines is 3. The molecule has 6 heteroatoms. The van der Waals surface area contributed by atoms with Crippen LogP contribution in [0.5, 0.6) is 0 Å². The van der Waals surface area contributed by atoms with Crippen molar-refractivity contribution < 1.29 is 5.11 Å². The topological polar surface area (TPSA) is 75.3 Å². The van der Waals surface area contributed by atoms with Gasteiger partial charge in [-0.25, -0.2) is 4.98 Å². The fraction of sp³-hybridized carbons (Fsp3) is 0.250. The molecule has 1 unspecified atom stereocenters. The lowest BCUT2D eigenvalue weighted by Crippen LogP contribution is -2.16. The Morgan fingerprint density at radius 1 is 1.45 bits per heavy atom. The quantitative estimate of drug-likeness (QED) is 0.789. The molecule has 0 saturated heterocycles. The Morgan fingerprint density at radius 3 is 3.05 bits per heavy atom. The monoisotopic (exact) mass is 314 g/mol. The predicted octanol–water partition coefficient (Wildman–Crippen LogP) is 2.14. The Morgan fingerprint density at radius 2 is 2.27 bits per heavy atom. The minimum atomic E-state index is -0.652. The second kappa shape index (κ2) is 5.84. The number of benzene rings is 1. The number of halogens is 1. The molecule has 3 rings (SSSR count). The summed E-state index contributed by atoms with van der Waals surface area (Å²) in [6, 6.07) is 5.97. The molecule has 5 nitrogen and oxygen atoms in total. The summed E-state index contributed by atoms with van der Waals surface area (Å²) in [7, 11) is 0. The fourth-order valence-corrected chi connectivity index (χ4v) is 2.62. The molecule has 0 saturated carbocycles. The molecule has 0 radical (unpaired) electrons. The molecule has 1 atom stereocenters. The maximum atomic E-state index is 9.27. The number of fused-ring (bicyclic) bond motifs is 1. The van der Waals surface area contributed by atoms with Crippen LogP contribution in [-0.2, 0) is 6.42 Å². The van der Waals surface area contributed by atoms with Crippen LogP contribution in [0.25, 0.3) is 0 Å². The second-order valence-corrected chi connectivity index (χ2v) is 5.50. The summed E-state index contributed by atoms with van der Waals surface area (Å²) < 4.78 is 0. The zero-order chi connectivity index (χ0) is 15.7. The summed E-state index contributed by atoms with van der Waals surface area (Å²) in [6.45, 7) is 2.41. The Labute approximate surface area is 133 Å². The van der Waals surface area contributed by atoms with Crippen LogP contribution < -0.4 is 10.6 Å². The van der Waals surface area contributed by atoms with E-state index in [-0.39, 0.29) is 5.95 Å². The number of nitrogens with zero attached hydrogens (tertiary/aromatic N) is 3. The maximum Gasteiger partial charge on any atom is 0.222 e. The van der Waals surface area contributed by atoms with Crippen molar-refractivity contribution in [2.45, 2.75) is 19.4 Å². The van der Waals surface area contributed by atoms with Crippen molar-refractivity contribution >= 4 is 29.1 Å². The standard InChI is InChI=1S/C16H15ClN4O/c1-10(22)2-3-11-4-5-12-6-7-21(14(12)8-11)15-13(17)9-19-16(18)20-15/h4-5,8-10,22H,6-7H2,1H3,(H2,18,19,20). The molecule has 1 aromatic heterocycles. The average Bonchev–Trinajstić information content (AvgIpc) is 2.90. The van der Waals surface area contributed by atoms with Crippen molar-refractivity contribution in [2.75, 3.05) is 17.2 Å². The molecule has 0 bridgehead atoms. The van der Waals surface area contributed by atoms with Gasteiger partial charge in [0, 0.05) is 17.8 Å². The smallest absolute Gasteiger partial charge is 0.222 e. The van der Waals surface area contributed by atoms with Gasteiger partial charge in [-0.1, -0.05) is 29.5 Å². The van der Waals surface area contributed by atoms with Crippen molar-refractivity contribution in [3.05, 3.63) is 40.5 Å². The van der Waals surface area contributed by atoms with E-state index in [1.54, 1.807) is 6.92 Å². The van der Waals surface area contributed by atoms with Gasteiger partial charge < -0.3 is 15.7 Å². The highest BCUT2D eigenvalue weighted by molar-refractivity contribution is 6.33. The van der Waals surface area contributed by atoms with Crippen molar-refractivity contribution in [3.8, 4) is 11.8 Å². The molecule has 112 valence electrons. The van der Waals surface area contributed by atoms with Crippen LogP contribution in [0.4, 0.5) is 17.5 Å². The minimum Gasteiger partial charge on any atom is -0.381 e. The number of aliphatic hydroxyl groups is 1. The first-order chi connectivity index (χ1) is 10.5. The molecule has 3 N–H and O–H groups in total. The lowest BCUT2D eigenvalue weighted by molar-refractivity contribution is 0.253. The van der Waals surface area contributed by atoms with Crippen molar-refractivity contribution in [1.29, 1.82) is 0 Å². The zero-order valence-electron chi connectivity index (χ0n) is 12.0. The van der Waals surface area contributed by atoms with Gasteiger partial charge in [0.2, 0.25) is 5.95 Å². The summed E-state index contributed by atoms with van der Waals surface area (Å²) in [5.74, 6) is 6.50. The Kier molecular flexibility index (Phi) is 3.88. The van der Waals surface area contributed by atoms with E-state index >= 15 is 0 Å². The lowest BCUT2D eigenvalue weighted by atomic mass is 10.1. The van der Waals surface area contributed by atoms with Gasteiger partial charge in [0.25, 0.3) is 0 Å². The fourth-order valence-electron chi connectivity index (χ4n) is 2.43. The molecule has 0 amide bonds. The number of aliphatic hydroxyl groups excluding tert-OH is 1. The first-order valence-corrected chi connectivity index (χ1v) is 7.30. The van der Waals surface area contributed by atoms with E-state index < -0.39 is 6.10 Å². The number of hydrogen-bond acceptors (Lipinski definition) is 5. The second-order valence-electron chi connectivity index (χ2n) is 5.09. The van der Waals surface area contributed by atoms with Crippen LogP contribution in [0.1, 0.15) is 18.1 Å². The van der Waals surface area contributed by atoms with Gasteiger partial charge in [0.15, 0.2) is 5.82 Å². The highest BCUT2D eigenvalue weighted by Crippen LogP contribution is 2.37. The van der Waals surface area contributed by atoms with Gasteiger partial charge in [0.1, 0.15) is 11.1 Å². The van der Waals surface area contributed by atoms with Crippen LogP contribution in [0, 0.1) is 11.8 Å². The Bertz CT molecular complexity index is 779. The first kappa shape index (κ1) is 14.6. The average molecular weight is 315 g/mol. The Hall–Kier alpha value is -2.29.